The average molecular weight is 383 g/mol. The van der Waals surface area contributed by atoms with Crippen LogP contribution in [0.15, 0.2) is 18.5 Å². The van der Waals surface area contributed by atoms with E-state index in [1.165, 1.54) is 11.1 Å². The fourth-order valence-electron chi connectivity index (χ4n) is 2.05. The quantitative estimate of drug-likeness (QED) is 0.771. The molecule has 19 heavy (non-hydrogen) atoms. The number of H-pyrrole nitrogens is 1. The highest BCUT2D eigenvalue weighted by atomic mass is 127. The zero-order valence-corrected chi connectivity index (χ0v) is 11.7. The number of aromatic nitrogens is 2. The minimum Gasteiger partial charge on any atom is -0.356 e. The number of ether oxygens (including phenoxy) is 1. The SMILES string of the molecule is FC1CN(c2cnc3[nH]cc(I)c3c2)CC(F)(F)O1. The van der Waals surface area contributed by atoms with Gasteiger partial charge >= 0.3 is 6.11 Å². The van der Waals surface area contributed by atoms with E-state index >= 15 is 0 Å². The van der Waals surface area contributed by atoms with Crippen LogP contribution in [-0.2, 0) is 4.74 Å². The van der Waals surface area contributed by atoms with Crippen LogP contribution in [0.2, 0.25) is 0 Å². The molecule has 3 rings (SSSR count). The summed E-state index contributed by atoms with van der Waals surface area (Å²) in [6.07, 6.45) is -2.28. The van der Waals surface area contributed by atoms with Gasteiger partial charge in [-0.1, -0.05) is 0 Å². The number of morpholine rings is 1. The van der Waals surface area contributed by atoms with Gasteiger partial charge in [-0.2, -0.15) is 8.78 Å². The first kappa shape index (κ1) is 13.0. The van der Waals surface area contributed by atoms with Gasteiger partial charge in [-0.25, -0.2) is 9.37 Å². The first-order valence-electron chi connectivity index (χ1n) is 5.52. The molecule has 3 heterocycles. The van der Waals surface area contributed by atoms with Gasteiger partial charge in [0, 0.05) is 15.2 Å². The van der Waals surface area contributed by atoms with Crippen molar-refractivity contribution in [2.24, 2.45) is 0 Å². The molecule has 0 aromatic carbocycles. The van der Waals surface area contributed by atoms with E-state index in [1.807, 2.05) is 0 Å². The van der Waals surface area contributed by atoms with E-state index in [0.29, 0.717) is 11.3 Å². The molecule has 1 unspecified atom stereocenters. The number of rotatable bonds is 1. The lowest BCUT2D eigenvalue weighted by molar-refractivity contribution is -0.292. The number of hydrogen-bond acceptors (Lipinski definition) is 3. The molecule has 0 bridgehead atoms. The molecule has 1 fully saturated rings. The normalized spacial score (nSPS) is 22.9. The molecule has 0 saturated carbocycles. The van der Waals surface area contributed by atoms with E-state index in [2.05, 4.69) is 37.3 Å². The van der Waals surface area contributed by atoms with Crippen LogP contribution >= 0.6 is 22.6 Å². The number of alkyl halides is 3. The predicted molar refractivity (Wildman–Crippen MR) is 72.0 cm³/mol. The molecule has 1 aliphatic rings. The van der Waals surface area contributed by atoms with Crippen molar-refractivity contribution in [2.45, 2.75) is 12.5 Å². The molecule has 0 aliphatic carbocycles. The van der Waals surface area contributed by atoms with Crippen LogP contribution in [0.4, 0.5) is 18.9 Å². The highest BCUT2D eigenvalue weighted by Gasteiger charge is 2.42. The van der Waals surface area contributed by atoms with Gasteiger partial charge < -0.3 is 9.88 Å². The Bertz CT molecular complexity index is 618. The molecule has 0 amide bonds. The molecule has 1 N–H and O–H groups in total. The smallest absolute Gasteiger partial charge is 0.356 e. The van der Waals surface area contributed by atoms with Crippen molar-refractivity contribution in [1.82, 2.24) is 9.97 Å². The highest BCUT2D eigenvalue weighted by Crippen LogP contribution is 2.30. The van der Waals surface area contributed by atoms with Gasteiger partial charge in [0.15, 0.2) is 0 Å². The van der Waals surface area contributed by atoms with Gasteiger partial charge in [0.2, 0.25) is 6.36 Å². The van der Waals surface area contributed by atoms with Crippen LogP contribution in [-0.4, -0.2) is 35.5 Å². The molecule has 1 aliphatic heterocycles. The molecule has 4 nitrogen and oxygen atoms in total. The van der Waals surface area contributed by atoms with Crippen LogP contribution in [0.3, 0.4) is 0 Å². The minimum absolute atomic E-state index is 0.232. The Morgan fingerprint density at radius 1 is 1.53 bits per heavy atom. The number of halogens is 4. The van der Waals surface area contributed by atoms with Gasteiger partial charge in [-0.15, -0.1) is 0 Å². The van der Waals surface area contributed by atoms with E-state index in [0.717, 1.165) is 8.96 Å². The molecule has 8 heteroatoms. The first-order chi connectivity index (χ1) is 8.94. The fraction of sp³-hybridized carbons (Fsp3) is 0.364. The number of fused-ring (bicyclic) bond motifs is 1. The summed E-state index contributed by atoms with van der Waals surface area (Å²) >= 11 is 2.12. The lowest BCUT2D eigenvalue weighted by Crippen LogP contribution is -2.50. The second-order valence-electron chi connectivity index (χ2n) is 4.27. The Balaban J connectivity index is 1.97. The predicted octanol–water partition coefficient (Wildman–Crippen LogP) is 2.89. The Labute approximate surface area is 120 Å². The molecular formula is C11H9F3IN3O. The van der Waals surface area contributed by atoms with Gasteiger partial charge in [0.05, 0.1) is 18.4 Å². The van der Waals surface area contributed by atoms with Gasteiger partial charge in [-0.3, -0.25) is 4.74 Å². The van der Waals surface area contributed by atoms with Crippen molar-refractivity contribution >= 4 is 39.3 Å². The molecule has 2 aromatic heterocycles. The number of nitrogens with one attached hydrogen (secondary N) is 1. The van der Waals surface area contributed by atoms with E-state index in [1.54, 1.807) is 12.3 Å². The van der Waals surface area contributed by atoms with Gasteiger partial charge in [-0.05, 0) is 28.7 Å². The molecular weight excluding hydrogens is 374 g/mol. The number of nitrogens with zero attached hydrogens (tertiary/aromatic N) is 2. The maximum Gasteiger partial charge on any atom is 0.375 e. The Morgan fingerprint density at radius 2 is 2.32 bits per heavy atom. The summed E-state index contributed by atoms with van der Waals surface area (Å²) in [6, 6.07) is 1.72. The van der Waals surface area contributed by atoms with E-state index in [-0.39, 0.29) is 6.54 Å². The van der Waals surface area contributed by atoms with Gasteiger partial charge in [0.25, 0.3) is 0 Å². The third-order valence-corrected chi connectivity index (χ3v) is 3.76. The Hall–Kier alpha value is -1.03. The summed E-state index contributed by atoms with van der Waals surface area (Å²) < 4.78 is 44.4. The van der Waals surface area contributed by atoms with E-state index in [9.17, 15) is 13.2 Å². The van der Waals surface area contributed by atoms with Crippen molar-refractivity contribution in [3.63, 3.8) is 0 Å². The van der Waals surface area contributed by atoms with Gasteiger partial charge in [0.1, 0.15) is 12.2 Å². The Morgan fingerprint density at radius 3 is 3.05 bits per heavy atom. The standard InChI is InChI=1S/C11H9F3IN3O/c12-9-4-18(5-11(13,14)19-9)6-1-7-8(15)3-17-10(7)16-2-6/h1-3,9H,4-5H2,(H,16,17). The molecule has 0 radical (unpaired) electrons. The Kier molecular flexibility index (Phi) is 3.08. The van der Waals surface area contributed by atoms with E-state index in [4.69, 9.17) is 0 Å². The molecule has 1 atom stereocenters. The number of pyridine rings is 1. The second kappa shape index (κ2) is 4.51. The van der Waals surface area contributed by atoms with Crippen molar-refractivity contribution in [1.29, 1.82) is 0 Å². The van der Waals surface area contributed by atoms with Crippen molar-refractivity contribution in [3.8, 4) is 0 Å². The molecule has 102 valence electrons. The zero-order valence-electron chi connectivity index (χ0n) is 9.54. The van der Waals surface area contributed by atoms with Crippen molar-refractivity contribution in [3.05, 3.63) is 22.0 Å². The third kappa shape index (κ3) is 2.50. The fourth-order valence-corrected chi connectivity index (χ4v) is 2.62. The summed E-state index contributed by atoms with van der Waals surface area (Å²) in [5.74, 6) is 0. The monoisotopic (exact) mass is 383 g/mol. The van der Waals surface area contributed by atoms with Crippen LogP contribution in [0.1, 0.15) is 0 Å². The summed E-state index contributed by atoms with van der Waals surface area (Å²) in [5, 5.41) is 0.823. The topological polar surface area (TPSA) is 41.2 Å². The maximum absolute atomic E-state index is 13.2. The third-order valence-electron chi connectivity index (χ3n) is 2.87. The summed E-state index contributed by atoms with van der Waals surface area (Å²) in [5.41, 5.74) is 1.13. The average Bonchev–Trinajstić information content (AvgIpc) is 2.68. The summed E-state index contributed by atoms with van der Waals surface area (Å²) in [7, 11) is 0. The van der Waals surface area contributed by atoms with Crippen molar-refractivity contribution in [2.75, 3.05) is 18.0 Å². The van der Waals surface area contributed by atoms with Crippen LogP contribution in [0.25, 0.3) is 11.0 Å². The summed E-state index contributed by atoms with van der Waals surface area (Å²) in [4.78, 5) is 8.34. The lowest BCUT2D eigenvalue weighted by Gasteiger charge is -2.35. The number of aromatic amines is 1. The number of hydrogen-bond donors (Lipinski definition) is 1. The molecule has 1 saturated heterocycles. The second-order valence-corrected chi connectivity index (χ2v) is 5.43. The largest absolute Gasteiger partial charge is 0.375 e. The minimum atomic E-state index is -3.49. The van der Waals surface area contributed by atoms with Crippen LogP contribution in [0, 0.1) is 3.57 Å². The van der Waals surface area contributed by atoms with E-state index < -0.39 is 19.0 Å². The highest BCUT2D eigenvalue weighted by molar-refractivity contribution is 14.1. The van der Waals surface area contributed by atoms with Crippen LogP contribution < -0.4 is 4.90 Å². The maximum atomic E-state index is 13.2. The first-order valence-corrected chi connectivity index (χ1v) is 6.60. The lowest BCUT2D eigenvalue weighted by atomic mass is 10.2. The number of anilines is 1. The molecule has 0 spiro atoms. The summed E-state index contributed by atoms with van der Waals surface area (Å²) in [6.45, 7) is -0.911. The molecule has 2 aromatic rings. The van der Waals surface area contributed by atoms with Crippen molar-refractivity contribution < 1.29 is 17.9 Å². The van der Waals surface area contributed by atoms with Crippen LogP contribution in [0.5, 0.6) is 0 Å². The zero-order chi connectivity index (χ0) is 13.6.